The molecule has 0 spiro atoms. The third-order valence-corrected chi connectivity index (χ3v) is 22.0. The van der Waals surface area contributed by atoms with E-state index in [1.165, 1.54) is 308 Å². The van der Waals surface area contributed by atoms with Crippen molar-refractivity contribution in [2.45, 2.75) is 423 Å². The summed E-state index contributed by atoms with van der Waals surface area (Å²) in [6, 6.07) is 20.1. The minimum absolute atomic E-state index is 0. The van der Waals surface area contributed by atoms with Crippen molar-refractivity contribution >= 4 is 90.7 Å². The molecule has 9 heteroatoms. The molecule has 0 N–H and O–H groups in total. The quantitative estimate of drug-likeness (QED) is 0.0247. The maximum atomic E-state index is 12.7. The summed E-state index contributed by atoms with van der Waals surface area (Å²) in [5, 5.41) is 4.01. The van der Waals surface area contributed by atoms with E-state index in [-0.39, 0.29) is 58.7 Å². The number of aryl methyl sites for hydroxylation is 4. The zero-order valence-electron chi connectivity index (χ0n) is 61.2. The Morgan fingerprint density at radius 1 is 0.247 bits per heavy atom. The molecule has 0 amide bonds. The van der Waals surface area contributed by atoms with E-state index in [1.807, 2.05) is 48.5 Å². The van der Waals surface area contributed by atoms with Crippen LogP contribution in [0.2, 0.25) is 0 Å². The Balaban J connectivity index is 0.000000627. The second-order valence-electron chi connectivity index (χ2n) is 28.4. The molecule has 0 aliphatic rings. The van der Waals surface area contributed by atoms with Crippen molar-refractivity contribution in [3.8, 4) is 0 Å². The second kappa shape index (κ2) is 59.6. The van der Waals surface area contributed by atoms with Crippen molar-refractivity contribution in [3.63, 3.8) is 0 Å². The van der Waals surface area contributed by atoms with Gasteiger partial charge in [0.2, 0.25) is 0 Å². The molecule has 93 heavy (non-hydrogen) atoms. The molecule has 4 aromatic carbocycles. The standard InChI is InChI=1S/2C42H72O3S.Ba/c2*1-3-5-7-9-11-13-15-17-19-21-23-25-27-29-34-39-37-38-33-31-32-35-40(38)41(42(39)46(43,44)45)36-30-28-26-24-22-20-18-16-14-12-10-8-6-4-2;/h2*31-33,35,37H,3-30,34,36H2,1-2H3,(H,43,44,45);/q;;+2/p-2. The summed E-state index contributed by atoms with van der Waals surface area (Å²) < 4.78 is 75.9. The summed E-state index contributed by atoms with van der Waals surface area (Å²) in [6.45, 7) is 9.10. The molecule has 0 aliphatic heterocycles. The molecule has 0 bridgehead atoms. The average Bonchev–Trinajstić information content (AvgIpc) is 0.786. The fourth-order valence-electron chi connectivity index (χ4n) is 14.4. The molecule has 0 aromatic heterocycles. The number of rotatable bonds is 62. The molecule has 6 nitrogen and oxygen atoms in total. The third kappa shape index (κ3) is 43.2. The van der Waals surface area contributed by atoms with Crippen LogP contribution in [-0.2, 0) is 45.9 Å². The van der Waals surface area contributed by atoms with Gasteiger partial charge >= 0.3 is 48.9 Å². The smallest absolute Gasteiger partial charge is 0.744 e. The van der Waals surface area contributed by atoms with Crippen LogP contribution in [0, 0.1) is 0 Å². The van der Waals surface area contributed by atoms with Gasteiger partial charge in [0.1, 0.15) is 20.2 Å². The van der Waals surface area contributed by atoms with Gasteiger partial charge in [0.25, 0.3) is 0 Å². The van der Waals surface area contributed by atoms with E-state index in [0.717, 1.165) is 95.2 Å². The molecule has 0 saturated heterocycles. The molecule has 0 aliphatic carbocycles. The molecule has 0 radical (unpaired) electrons. The van der Waals surface area contributed by atoms with Gasteiger partial charge in [-0.15, -0.1) is 0 Å². The van der Waals surface area contributed by atoms with E-state index in [2.05, 4.69) is 39.8 Å². The van der Waals surface area contributed by atoms with Crippen molar-refractivity contribution in [3.05, 3.63) is 82.9 Å². The summed E-state index contributed by atoms with van der Waals surface area (Å²) >= 11 is 0. The van der Waals surface area contributed by atoms with Crippen LogP contribution in [0.3, 0.4) is 0 Å². The Morgan fingerprint density at radius 3 is 0.613 bits per heavy atom. The maximum absolute atomic E-state index is 12.7. The average molecular weight is 1450 g/mol. The Kier molecular flexibility index (Phi) is 56.4. The van der Waals surface area contributed by atoms with Crippen LogP contribution in [-0.4, -0.2) is 74.8 Å². The van der Waals surface area contributed by atoms with E-state index >= 15 is 0 Å². The van der Waals surface area contributed by atoms with E-state index in [0.29, 0.717) is 25.7 Å². The van der Waals surface area contributed by atoms with Gasteiger partial charge in [-0.25, -0.2) is 16.8 Å². The van der Waals surface area contributed by atoms with Crippen LogP contribution < -0.4 is 0 Å². The number of unbranched alkanes of at least 4 members (excludes halogenated alkanes) is 52. The van der Waals surface area contributed by atoms with Crippen molar-refractivity contribution in [2.75, 3.05) is 0 Å². The van der Waals surface area contributed by atoms with Crippen LogP contribution >= 0.6 is 0 Å². The maximum Gasteiger partial charge on any atom is 2.00 e. The molecular weight excluding hydrogens is 1310 g/mol. The Bertz CT molecular complexity index is 2430. The molecule has 4 aromatic rings. The van der Waals surface area contributed by atoms with Crippen LogP contribution in [0.1, 0.15) is 410 Å². The molecule has 0 saturated carbocycles. The molecule has 0 unspecified atom stereocenters. The van der Waals surface area contributed by atoms with Crippen LogP contribution in [0.15, 0.2) is 70.5 Å². The van der Waals surface area contributed by atoms with Crippen molar-refractivity contribution in [2.24, 2.45) is 0 Å². The Hall–Kier alpha value is -1.21. The SMILES string of the molecule is CCCCCCCCCCCCCCCCc1cc2ccccc2c(CCCCCCCCCCCCCCCC)c1S(=O)(=O)[O-].CCCCCCCCCCCCCCCCc1cc2ccccc2c(CCCCCCCCCCCCCCCC)c1S(=O)(=O)[O-].[Ba+2]. The summed E-state index contributed by atoms with van der Waals surface area (Å²) in [5.41, 5.74) is 3.03. The predicted molar refractivity (Wildman–Crippen MR) is 406 cm³/mol. The second-order valence-corrected chi connectivity index (χ2v) is 31.1. The van der Waals surface area contributed by atoms with Gasteiger partial charge in [-0.2, -0.15) is 0 Å². The molecule has 0 heterocycles. The fourth-order valence-corrected chi connectivity index (χ4v) is 16.4. The summed E-state index contributed by atoms with van der Waals surface area (Å²) in [6.07, 6.45) is 75.3. The van der Waals surface area contributed by atoms with Crippen LogP contribution in [0.5, 0.6) is 0 Å². The third-order valence-electron chi connectivity index (χ3n) is 20.0. The first-order valence-electron chi connectivity index (χ1n) is 40.0. The van der Waals surface area contributed by atoms with Gasteiger partial charge in [0.05, 0.1) is 9.79 Å². The van der Waals surface area contributed by atoms with E-state index in [4.69, 9.17) is 0 Å². The Labute approximate surface area is 616 Å². The first-order chi connectivity index (χ1) is 45.0. The van der Waals surface area contributed by atoms with Crippen LogP contribution in [0.4, 0.5) is 0 Å². The van der Waals surface area contributed by atoms with Gasteiger partial charge in [-0.05, 0) is 107 Å². The first kappa shape index (κ1) is 87.9. The van der Waals surface area contributed by atoms with Gasteiger partial charge in [0, 0.05) is 0 Å². The van der Waals surface area contributed by atoms with Gasteiger partial charge in [-0.1, -0.05) is 410 Å². The van der Waals surface area contributed by atoms with Gasteiger partial charge in [0.15, 0.2) is 0 Å². The number of hydrogen-bond donors (Lipinski definition) is 0. The molecule has 0 fully saturated rings. The van der Waals surface area contributed by atoms with Crippen LogP contribution in [0.25, 0.3) is 21.5 Å². The monoisotopic (exact) mass is 1450 g/mol. The summed E-state index contributed by atoms with van der Waals surface area (Å²) in [4.78, 5) is 0.186. The first-order valence-corrected chi connectivity index (χ1v) is 42.8. The Morgan fingerprint density at radius 2 is 0.419 bits per heavy atom. The molecule has 0 atom stereocenters. The van der Waals surface area contributed by atoms with Gasteiger partial charge in [-0.3, -0.25) is 0 Å². The normalized spacial score (nSPS) is 11.8. The van der Waals surface area contributed by atoms with Crippen molar-refractivity contribution in [1.82, 2.24) is 0 Å². The molecular formula is C84H142BaO6S2. The number of fused-ring (bicyclic) bond motifs is 2. The minimum Gasteiger partial charge on any atom is -0.744 e. The predicted octanol–water partition coefficient (Wildman–Crippen LogP) is 27.2. The van der Waals surface area contributed by atoms with Gasteiger partial charge < -0.3 is 9.11 Å². The number of benzene rings is 4. The summed E-state index contributed by atoms with van der Waals surface area (Å²) in [7, 11) is -9.09. The zero-order chi connectivity index (χ0) is 66.3. The molecule has 4 rings (SSSR count). The van der Waals surface area contributed by atoms with E-state index in [1.54, 1.807) is 0 Å². The molecule has 528 valence electrons. The van der Waals surface area contributed by atoms with Crippen molar-refractivity contribution < 1.29 is 25.9 Å². The largest absolute Gasteiger partial charge is 2.00 e. The fraction of sp³-hybridized carbons (Fsp3) is 0.762. The zero-order valence-corrected chi connectivity index (χ0v) is 67.2. The van der Waals surface area contributed by atoms with Crippen molar-refractivity contribution in [1.29, 1.82) is 0 Å². The minimum atomic E-state index is -4.54. The topological polar surface area (TPSA) is 114 Å². The summed E-state index contributed by atoms with van der Waals surface area (Å²) in [5.74, 6) is 0. The van der Waals surface area contributed by atoms with E-state index in [9.17, 15) is 25.9 Å². The number of hydrogen-bond acceptors (Lipinski definition) is 6. The van der Waals surface area contributed by atoms with E-state index < -0.39 is 20.2 Å².